The zero-order valence-electron chi connectivity index (χ0n) is 12.1. The van der Waals surface area contributed by atoms with E-state index in [-0.39, 0.29) is 5.91 Å². The SMILES string of the molecule is Cc1ccoc1C(=O)N(C)Cc1ccc2c(c1)OCCO2. The Kier molecular flexibility index (Phi) is 3.56. The molecule has 3 rings (SSSR count). The van der Waals surface area contributed by atoms with Crippen molar-refractivity contribution in [2.45, 2.75) is 13.5 Å². The van der Waals surface area contributed by atoms with E-state index in [1.807, 2.05) is 25.1 Å². The highest BCUT2D eigenvalue weighted by molar-refractivity contribution is 5.92. The van der Waals surface area contributed by atoms with Gasteiger partial charge >= 0.3 is 0 Å². The average molecular weight is 287 g/mol. The zero-order valence-corrected chi connectivity index (χ0v) is 12.1. The van der Waals surface area contributed by atoms with E-state index in [4.69, 9.17) is 13.9 Å². The Morgan fingerprint density at radius 1 is 1.19 bits per heavy atom. The summed E-state index contributed by atoms with van der Waals surface area (Å²) < 4.78 is 16.3. The maximum Gasteiger partial charge on any atom is 0.289 e. The number of fused-ring (bicyclic) bond motifs is 1. The molecular formula is C16H17NO4. The minimum absolute atomic E-state index is 0.132. The molecule has 1 aromatic heterocycles. The maximum atomic E-state index is 12.3. The summed E-state index contributed by atoms with van der Waals surface area (Å²) in [5.41, 5.74) is 1.83. The van der Waals surface area contributed by atoms with Crippen LogP contribution in [0.3, 0.4) is 0 Å². The Morgan fingerprint density at radius 3 is 2.67 bits per heavy atom. The van der Waals surface area contributed by atoms with Crippen LogP contribution in [0.1, 0.15) is 21.7 Å². The Morgan fingerprint density at radius 2 is 1.95 bits per heavy atom. The summed E-state index contributed by atoms with van der Waals surface area (Å²) in [4.78, 5) is 13.9. The number of amides is 1. The molecule has 0 N–H and O–H groups in total. The summed E-state index contributed by atoms with van der Waals surface area (Å²) in [6.45, 7) is 3.46. The molecule has 0 fully saturated rings. The first-order chi connectivity index (χ1) is 10.1. The summed E-state index contributed by atoms with van der Waals surface area (Å²) in [5, 5.41) is 0. The van der Waals surface area contributed by atoms with E-state index in [2.05, 4.69) is 0 Å². The van der Waals surface area contributed by atoms with Gasteiger partial charge in [-0.15, -0.1) is 0 Å². The Balaban J connectivity index is 1.74. The maximum absolute atomic E-state index is 12.3. The predicted molar refractivity (Wildman–Crippen MR) is 76.7 cm³/mol. The largest absolute Gasteiger partial charge is 0.486 e. The molecule has 1 aromatic carbocycles. The molecule has 0 unspecified atom stereocenters. The normalized spacial score (nSPS) is 13.0. The molecule has 21 heavy (non-hydrogen) atoms. The zero-order chi connectivity index (χ0) is 14.8. The van der Waals surface area contributed by atoms with Gasteiger partial charge < -0.3 is 18.8 Å². The lowest BCUT2D eigenvalue weighted by Gasteiger charge is -2.21. The van der Waals surface area contributed by atoms with Gasteiger partial charge in [-0.05, 0) is 30.7 Å². The van der Waals surface area contributed by atoms with Gasteiger partial charge in [-0.2, -0.15) is 0 Å². The molecule has 2 heterocycles. The van der Waals surface area contributed by atoms with Gasteiger partial charge in [0.15, 0.2) is 17.3 Å². The second-order valence-electron chi connectivity index (χ2n) is 5.07. The number of rotatable bonds is 3. The summed E-state index contributed by atoms with van der Waals surface area (Å²) in [7, 11) is 1.75. The number of carbonyl (C=O) groups is 1. The highest BCUT2D eigenvalue weighted by Gasteiger charge is 2.18. The number of hydrogen-bond acceptors (Lipinski definition) is 4. The van der Waals surface area contributed by atoms with Gasteiger partial charge in [0, 0.05) is 19.2 Å². The fourth-order valence-electron chi connectivity index (χ4n) is 2.30. The van der Waals surface area contributed by atoms with Crippen LogP contribution in [0.25, 0.3) is 0 Å². The van der Waals surface area contributed by atoms with E-state index >= 15 is 0 Å². The van der Waals surface area contributed by atoms with Crippen molar-refractivity contribution in [1.29, 1.82) is 0 Å². The average Bonchev–Trinajstić information content (AvgIpc) is 2.92. The molecule has 0 radical (unpaired) electrons. The van der Waals surface area contributed by atoms with Crippen molar-refractivity contribution in [3.8, 4) is 11.5 Å². The van der Waals surface area contributed by atoms with Crippen LogP contribution >= 0.6 is 0 Å². The molecule has 110 valence electrons. The smallest absolute Gasteiger partial charge is 0.289 e. The molecule has 0 saturated heterocycles. The lowest BCUT2D eigenvalue weighted by atomic mass is 10.1. The Hall–Kier alpha value is -2.43. The number of aryl methyl sites for hydroxylation is 1. The molecule has 0 spiro atoms. The minimum atomic E-state index is -0.132. The lowest BCUT2D eigenvalue weighted by Crippen LogP contribution is -2.26. The van der Waals surface area contributed by atoms with Gasteiger partial charge in [0.05, 0.1) is 6.26 Å². The first-order valence-corrected chi connectivity index (χ1v) is 6.83. The fraction of sp³-hybridized carbons (Fsp3) is 0.312. The van der Waals surface area contributed by atoms with Crippen molar-refractivity contribution in [2.75, 3.05) is 20.3 Å². The second kappa shape index (κ2) is 5.52. The van der Waals surface area contributed by atoms with E-state index in [0.29, 0.717) is 25.5 Å². The number of furan rings is 1. The lowest BCUT2D eigenvalue weighted by molar-refractivity contribution is 0.0752. The summed E-state index contributed by atoms with van der Waals surface area (Å²) in [5.74, 6) is 1.73. The minimum Gasteiger partial charge on any atom is -0.486 e. The molecule has 5 heteroatoms. The van der Waals surface area contributed by atoms with Crippen LogP contribution in [0.4, 0.5) is 0 Å². The quantitative estimate of drug-likeness (QED) is 0.871. The molecule has 0 saturated carbocycles. The van der Waals surface area contributed by atoms with Crippen LogP contribution in [0.15, 0.2) is 34.9 Å². The van der Waals surface area contributed by atoms with Crippen molar-refractivity contribution < 1.29 is 18.7 Å². The van der Waals surface area contributed by atoms with Crippen LogP contribution < -0.4 is 9.47 Å². The monoisotopic (exact) mass is 287 g/mol. The third-order valence-corrected chi connectivity index (χ3v) is 3.43. The van der Waals surface area contributed by atoms with Crippen molar-refractivity contribution in [3.63, 3.8) is 0 Å². The highest BCUT2D eigenvalue weighted by atomic mass is 16.6. The van der Waals surface area contributed by atoms with Crippen LogP contribution in [0, 0.1) is 6.92 Å². The first-order valence-electron chi connectivity index (χ1n) is 6.83. The molecule has 1 aliphatic heterocycles. The molecule has 1 amide bonds. The van der Waals surface area contributed by atoms with E-state index in [9.17, 15) is 4.79 Å². The Labute approximate surface area is 123 Å². The Bertz CT molecular complexity index is 662. The second-order valence-corrected chi connectivity index (χ2v) is 5.07. The fourth-order valence-corrected chi connectivity index (χ4v) is 2.30. The van der Waals surface area contributed by atoms with Gasteiger partial charge in [0.25, 0.3) is 5.91 Å². The molecule has 0 aliphatic carbocycles. The molecule has 0 bridgehead atoms. The molecule has 1 aliphatic rings. The topological polar surface area (TPSA) is 51.9 Å². The van der Waals surface area contributed by atoms with Crippen LogP contribution in [0.5, 0.6) is 11.5 Å². The van der Waals surface area contributed by atoms with Gasteiger partial charge in [-0.3, -0.25) is 4.79 Å². The third kappa shape index (κ3) is 2.72. The predicted octanol–water partition coefficient (Wildman–Crippen LogP) is 2.63. The number of ether oxygens (including phenoxy) is 2. The highest BCUT2D eigenvalue weighted by Crippen LogP contribution is 2.31. The van der Waals surface area contributed by atoms with Crippen molar-refractivity contribution in [1.82, 2.24) is 4.90 Å². The standard InChI is InChI=1S/C16H17NO4/c1-11-5-6-21-15(11)16(18)17(2)10-12-3-4-13-14(9-12)20-8-7-19-13/h3-6,9H,7-8,10H2,1-2H3. The van der Waals surface area contributed by atoms with Crippen molar-refractivity contribution in [3.05, 3.63) is 47.4 Å². The van der Waals surface area contributed by atoms with Gasteiger partial charge in [0.1, 0.15) is 13.2 Å². The van der Waals surface area contributed by atoms with E-state index in [1.165, 1.54) is 6.26 Å². The number of benzene rings is 1. The van der Waals surface area contributed by atoms with E-state index in [0.717, 1.165) is 22.6 Å². The number of nitrogens with zero attached hydrogens (tertiary/aromatic N) is 1. The molecule has 5 nitrogen and oxygen atoms in total. The number of carbonyl (C=O) groups excluding carboxylic acids is 1. The van der Waals surface area contributed by atoms with Gasteiger partial charge in [0.2, 0.25) is 0 Å². The van der Waals surface area contributed by atoms with Gasteiger partial charge in [-0.25, -0.2) is 0 Å². The summed E-state index contributed by atoms with van der Waals surface area (Å²) >= 11 is 0. The van der Waals surface area contributed by atoms with Crippen molar-refractivity contribution >= 4 is 5.91 Å². The van der Waals surface area contributed by atoms with Gasteiger partial charge in [-0.1, -0.05) is 6.07 Å². The third-order valence-electron chi connectivity index (χ3n) is 3.43. The first kappa shape index (κ1) is 13.5. The van der Waals surface area contributed by atoms with E-state index < -0.39 is 0 Å². The van der Waals surface area contributed by atoms with Crippen LogP contribution in [-0.2, 0) is 6.54 Å². The van der Waals surface area contributed by atoms with Crippen LogP contribution in [-0.4, -0.2) is 31.1 Å². The summed E-state index contributed by atoms with van der Waals surface area (Å²) in [6, 6.07) is 7.50. The summed E-state index contributed by atoms with van der Waals surface area (Å²) in [6.07, 6.45) is 1.53. The molecule has 2 aromatic rings. The van der Waals surface area contributed by atoms with Crippen molar-refractivity contribution in [2.24, 2.45) is 0 Å². The molecule has 0 atom stereocenters. The number of hydrogen-bond donors (Lipinski definition) is 0. The van der Waals surface area contributed by atoms with E-state index in [1.54, 1.807) is 18.0 Å². The molecular weight excluding hydrogens is 270 g/mol. The van der Waals surface area contributed by atoms with Crippen LogP contribution in [0.2, 0.25) is 0 Å².